The maximum Gasteiger partial charge on any atom is 0.321 e. The number of amides is 2. The number of rotatable bonds is 4. The summed E-state index contributed by atoms with van der Waals surface area (Å²) >= 11 is 0. The molecule has 2 rings (SSSR count). The van der Waals surface area contributed by atoms with E-state index in [0.717, 1.165) is 5.56 Å². The highest BCUT2D eigenvalue weighted by Crippen LogP contribution is 2.18. The molecule has 2 amide bonds. The van der Waals surface area contributed by atoms with E-state index < -0.39 is 9.84 Å². The van der Waals surface area contributed by atoms with Gasteiger partial charge in [-0.3, -0.25) is 0 Å². The highest BCUT2D eigenvalue weighted by atomic mass is 32.2. The molecular formula is C15H20N2O4S. The van der Waals surface area contributed by atoms with E-state index >= 15 is 0 Å². The molecule has 120 valence electrons. The van der Waals surface area contributed by atoms with Crippen molar-refractivity contribution in [1.29, 1.82) is 0 Å². The SMILES string of the molecule is COc1ccccc1/C=C/NC(=O)N(C)C1CCS(=O)(=O)C1. The second-order valence-corrected chi connectivity index (χ2v) is 7.42. The number of hydrogen-bond donors (Lipinski definition) is 1. The van der Waals surface area contributed by atoms with Gasteiger partial charge in [-0.05, 0) is 18.6 Å². The van der Waals surface area contributed by atoms with Crippen LogP contribution in [-0.2, 0) is 9.84 Å². The topological polar surface area (TPSA) is 75.7 Å². The van der Waals surface area contributed by atoms with E-state index in [1.807, 2.05) is 24.3 Å². The standard InChI is InChI=1S/C15H20N2O4S/c1-17(13-8-10-22(19,20)11-13)15(18)16-9-7-12-5-3-4-6-14(12)21-2/h3-7,9,13H,8,10-11H2,1-2H3,(H,16,18)/b9-7+. The fourth-order valence-electron chi connectivity index (χ4n) is 2.36. The Balaban J connectivity index is 1.93. The van der Waals surface area contributed by atoms with Crippen LogP contribution in [0.2, 0.25) is 0 Å². The van der Waals surface area contributed by atoms with E-state index in [1.165, 1.54) is 11.1 Å². The molecular weight excluding hydrogens is 304 g/mol. The number of nitrogens with one attached hydrogen (secondary N) is 1. The molecule has 22 heavy (non-hydrogen) atoms. The normalized spacial score (nSPS) is 20.0. The maximum absolute atomic E-state index is 12.0. The number of nitrogens with zero attached hydrogens (tertiary/aromatic N) is 1. The van der Waals surface area contributed by atoms with Crippen LogP contribution in [0.3, 0.4) is 0 Å². The molecule has 1 aromatic rings. The van der Waals surface area contributed by atoms with Gasteiger partial charge in [0.05, 0.1) is 18.6 Å². The second kappa shape index (κ2) is 6.83. The molecule has 6 nitrogen and oxygen atoms in total. The van der Waals surface area contributed by atoms with Gasteiger partial charge in [0, 0.05) is 24.9 Å². The predicted molar refractivity (Wildman–Crippen MR) is 85.4 cm³/mol. The number of urea groups is 1. The third-order valence-electron chi connectivity index (χ3n) is 3.69. The summed E-state index contributed by atoms with van der Waals surface area (Å²) in [6, 6.07) is 6.85. The Kier molecular flexibility index (Phi) is 5.07. The van der Waals surface area contributed by atoms with E-state index in [4.69, 9.17) is 4.74 Å². The smallest absolute Gasteiger partial charge is 0.321 e. The van der Waals surface area contributed by atoms with Crippen LogP contribution in [0.15, 0.2) is 30.5 Å². The summed E-state index contributed by atoms with van der Waals surface area (Å²) in [7, 11) is 0.189. The Bertz CT molecular complexity index is 670. The van der Waals surface area contributed by atoms with Gasteiger partial charge in [0.15, 0.2) is 9.84 Å². The monoisotopic (exact) mass is 324 g/mol. The number of carbonyl (C=O) groups excluding carboxylic acids is 1. The summed E-state index contributed by atoms with van der Waals surface area (Å²) in [4.78, 5) is 13.5. The Hall–Kier alpha value is -2.02. The van der Waals surface area contributed by atoms with Gasteiger partial charge >= 0.3 is 6.03 Å². The molecule has 1 aromatic carbocycles. The number of methoxy groups -OCH3 is 1. The van der Waals surface area contributed by atoms with Crippen molar-refractivity contribution in [2.45, 2.75) is 12.5 Å². The Morgan fingerprint density at radius 3 is 2.77 bits per heavy atom. The molecule has 0 saturated carbocycles. The zero-order valence-corrected chi connectivity index (χ0v) is 13.5. The molecule has 1 N–H and O–H groups in total. The summed E-state index contributed by atoms with van der Waals surface area (Å²) in [6.07, 6.45) is 3.75. The molecule has 1 fully saturated rings. The molecule has 0 spiro atoms. The first-order valence-corrected chi connectivity index (χ1v) is 8.78. The van der Waals surface area contributed by atoms with Crippen LogP contribution in [0.4, 0.5) is 4.79 Å². The van der Waals surface area contributed by atoms with Crippen LogP contribution in [-0.4, -0.2) is 51.1 Å². The fourth-order valence-corrected chi connectivity index (χ4v) is 4.13. The van der Waals surface area contributed by atoms with Crippen molar-refractivity contribution in [3.8, 4) is 5.75 Å². The van der Waals surface area contributed by atoms with Gasteiger partial charge in [-0.25, -0.2) is 13.2 Å². The average molecular weight is 324 g/mol. The maximum atomic E-state index is 12.0. The van der Waals surface area contributed by atoms with Crippen LogP contribution in [0, 0.1) is 0 Å². The summed E-state index contributed by atoms with van der Waals surface area (Å²) in [5, 5.41) is 2.64. The van der Waals surface area contributed by atoms with Crippen molar-refractivity contribution in [1.82, 2.24) is 10.2 Å². The summed E-state index contributed by atoms with van der Waals surface area (Å²) in [5.41, 5.74) is 0.844. The summed E-state index contributed by atoms with van der Waals surface area (Å²) in [6.45, 7) is 0. The van der Waals surface area contributed by atoms with Crippen molar-refractivity contribution in [2.75, 3.05) is 25.7 Å². The first kappa shape index (κ1) is 16.4. The first-order chi connectivity index (χ1) is 10.4. The van der Waals surface area contributed by atoms with Crippen LogP contribution < -0.4 is 10.1 Å². The molecule has 1 unspecified atom stereocenters. The Labute approximate surface area is 130 Å². The minimum absolute atomic E-state index is 0.0349. The molecule has 7 heteroatoms. The van der Waals surface area contributed by atoms with E-state index in [-0.39, 0.29) is 23.6 Å². The van der Waals surface area contributed by atoms with Gasteiger partial charge < -0.3 is 15.0 Å². The van der Waals surface area contributed by atoms with Gasteiger partial charge in [-0.2, -0.15) is 0 Å². The minimum atomic E-state index is -3.00. The lowest BCUT2D eigenvalue weighted by Crippen LogP contribution is -2.42. The van der Waals surface area contributed by atoms with Crippen molar-refractivity contribution in [2.24, 2.45) is 0 Å². The first-order valence-electron chi connectivity index (χ1n) is 6.96. The quantitative estimate of drug-likeness (QED) is 0.910. The zero-order chi connectivity index (χ0) is 16.2. The summed E-state index contributed by atoms with van der Waals surface area (Å²) < 4.78 is 28.1. The number of ether oxygens (including phenoxy) is 1. The van der Waals surface area contributed by atoms with E-state index in [2.05, 4.69) is 5.32 Å². The second-order valence-electron chi connectivity index (χ2n) is 5.19. The third-order valence-corrected chi connectivity index (χ3v) is 5.44. The van der Waals surface area contributed by atoms with Crippen LogP contribution in [0.5, 0.6) is 5.75 Å². The largest absolute Gasteiger partial charge is 0.496 e. The van der Waals surface area contributed by atoms with Crippen LogP contribution in [0.25, 0.3) is 6.08 Å². The summed E-state index contributed by atoms with van der Waals surface area (Å²) in [5.74, 6) is 0.891. The molecule has 1 aliphatic heterocycles. The molecule has 0 aromatic heterocycles. The lowest BCUT2D eigenvalue weighted by atomic mass is 10.2. The Morgan fingerprint density at radius 1 is 1.41 bits per heavy atom. The van der Waals surface area contributed by atoms with Crippen molar-refractivity contribution in [3.63, 3.8) is 0 Å². The molecule has 1 aliphatic rings. The van der Waals surface area contributed by atoms with E-state index in [9.17, 15) is 13.2 Å². The molecule has 1 heterocycles. The van der Waals surface area contributed by atoms with E-state index in [0.29, 0.717) is 12.2 Å². The minimum Gasteiger partial charge on any atom is -0.496 e. The predicted octanol–water partition coefficient (Wildman–Crippen LogP) is 1.49. The number of para-hydroxylation sites is 1. The van der Waals surface area contributed by atoms with Gasteiger partial charge in [-0.15, -0.1) is 0 Å². The fraction of sp³-hybridized carbons (Fsp3) is 0.400. The average Bonchev–Trinajstić information content (AvgIpc) is 2.87. The molecule has 1 atom stereocenters. The zero-order valence-electron chi connectivity index (χ0n) is 12.7. The molecule has 1 saturated heterocycles. The van der Waals surface area contributed by atoms with Crippen molar-refractivity contribution < 1.29 is 17.9 Å². The van der Waals surface area contributed by atoms with Crippen molar-refractivity contribution in [3.05, 3.63) is 36.0 Å². The van der Waals surface area contributed by atoms with Crippen LogP contribution in [0.1, 0.15) is 12.0 Å². The highest BCUT2D eigenvalue weighted by molar-refractivity contribution is 7.91. The number of carbonyl (C=O) groups is 1. The molecule has 0 radical (unpaired) electrons. The Morgan fingerprint density at radius 2 is 2.14 bits per heavy atom. The molecule has 0 aliphatic carbocycles. The highest BCUT2D eigenvalue weighted by Gasteiger charge is 2.32. The molecule has 0 bridgehead atoms. The van der Waals surface area contributed by atoms with Gasteiger partial charge in [0.25, 0.3) is 0 Å². The van der Waals surface area contributed by atoms with Gasteiger partial charge in [0.1, 0.15) is 5.75 Å². The third kappa shape index (κ3) is 4.00. The lowest BCUT2D eigenvalue weighted by Gasteiger charge is -2.22. The van der Waals surface area contributed by atoms with Gasteiger partial charge in [-0.1, -0.05) is 18.2 Å². The number of sulfone groups is 1. The number of benzene rings is 1. The lowest BCUT2D eigenvalue weighted by molar-refractivity contribution is 0.199. The van der Waals surface area contributed by atoms with Gasteiger partial charge in [0.2, 0.25) is 0 Å². The van der Waals surface area contributed by atoms with Crippen molar-refractivity contribution >= 4 is 21.9 Å². The van der Waals surface area contributed by atoms with Crippen LogP contribution >= 0.6 is 0 Å². The number of hydrogen-bond acceptors (Lipinski definition) is 4. The van der Waals surface area contributed by atoms with E-state index in [1.54, 1.807) is 20.2 Å².